The van der Waals surface area contributed by atoms with E-state index in [2.05, 4.69) is 5.43 Å². The zero-order valence-electron chi connectivity index (χ0n) is 10.1. The van der Waals surface area contributed by atoms with Crippen molar-refractivity contribution in [2.75, 3.05) is 6.61 Å². The summed E-state index contributed by atoms with van der Waals surface area (Å²) < 4.78 is 5.66. The van der Waals surface area contributed by atoms with Crippen LogP contribution in [0.5, 0.6) is 5.75 Å². The predicted octanol–water partition coefficient (Wildman–Crippen LogP) is 3.58. The Morgan fingerprint density at radius 2 is 1.89 bits per heavy atom. The monoisotopic (exact) mass is 296 g/mol. The van der Waals surface area contributed by atoms with Gasteiger partial charge in [-0.3, -0.25) is 5.84 Å². The summed E-state index contributed by atoms with van der Waals surface area (Å²) >= 11 is 12.0. The fourth-order valence-corrected chi connectivity index (χ4v) is 2.17. The van der Waals surface area contributed by atoms with Gasteiger partial charge < -0.3 is 4.74 Å². The second kappa shape index (κ2) is 6.78. The van der Waals surface area contributed by atoms with Gasteiger partial charge >= 0.3 is 0 Å². The minimum Gasteiger partial charge on any atom is -0.492 e. The van der Waals surface area contributed by atoms with E-state index in [0.29, 0.717) is 22.4 Å². The van der Waals surface area contributed by atoms with Crippen LogP contribution in [0.1, 0.15) is 11.6 Å². The molecule has 0 aliphatic rings. The van der Waals surface area contributed by atoms with Crippen molar-refractivity contribution >= 4 is 23.2 Å². The molecule has 0 aliphatic heterocycles. The van der Waals surface area contributed by atoms with E-state index in [-0.39, 0.29) is 6.04 Å². The van der Waals surface area contributed by atoms with Gasteiger partial charge in [0.2, 0.25) is 0 Å². The van der Waals surface area contributed by atoms with Gasteiger partial charge in [-0.25, -0.2) is 5.43 Å². The van der Waals surface area contributed by atoms with Gasteiger partial charge in [0.05, 0.1) is 6.04 Å². The first-order valence-corrected chi connectivity index (χ1v) is 6.55. The second-order valence-corrected chi connectivity index (χ2v) is 4.85. The molecular formula is C14H14Cl2N2O. The van der Waals surface area contributed by atoms with Crippen molar-refractivity contribution in [2.24, 2.45) is 5.84 Å². The number of hydrazine groups is 1. The van der Waals surface area contributed by atoms with E-state index in [9.17, 15) is 0 Å². The zero-order valence-corrected chi connectivity index (χ0v) is 11.7. The minimum atomic E-state index is -0.187. The lowest BCUT2D eigenvalue weighted by Crippen LogP contribution is -2.32. The molecule has 0 fully saturated rings. The van der Waals surface area contributed by atoms with Gasteiger partial charge in [0.1, 0.15) is 12.4 Å². The molecule has 0 bridgehead atoms. The van der Waals surface area contributed by atoms with Crippen LogP contribution in [-0.4, -0.2) is 6.61 Å². The Labute approximate surface area is 122 Å². The first-order chi connectivity index (χ1) is 9.20. The molecule has 5 heteroatoms. The van der Waals surface area contributed by atoms with E-state index in [0.717, 1.165) is 5.56 Å². The van der Waals surface area contributed by atoms with Gasteiger partial charge in [-0.15, -0.1) is 0 Å². The molecular weight excluding hydrogens is 283 g/mol. The first kappa shape index (κ1) is 14.2. The third-order valence-electron chi connectivity index (χ3n) is 2.69. The molecule has 3 nitrogen and oxygen atoms in total. The zero-order chi connectivity index (χ0) is 13.7. The fourth-order valence-electron chi connectivity index (χ4n) is 1.72. The number of halogens is 2. The number of nitrogens with one attached hydrogen (secondary N) is 1. The highest BCUT2D eigenvalue weighted by Crippen LogP contribution is 2.24. The summed E-state index contributed by atoms with van der Waals surface area (Å²) in [5.74, 6) is 6.25. The van der Waals surface area contributed by atoms with Crippen LogP contribution in [-0.2, 0) is 0 Å². The summed E-state index contributed by atoms with van der Waals surface area (Å²) in [6, 6.07) is 14.5. The van der Waals surface area contributed by atoms with Crippen LogP contribution >= 0.6 is 23.2 Å². The lowest BCUT2D eigenvalue weighted by atomic mass is 10.1. The van der Waals surface area contributed by atoms with Crippen LogP contribution in [0.2, 0.25) is 10.0 Å². The molecule has 1 atom stereocenters. The summed E-state index contributed by atoms with van der Waals surface area (Å²) in [7, 11) is 0. The average Bonchev–Trinajstić information content (AvgIpc) is 2.41. The van der Waals surface area contributed by atoms with E-state index in [1.54, 1.807) is 12.1 Å². The normalized spacial score (nSPS) is 12.2. The highest BCUT2D eigenvalue weighted by molar-refractivity contribution is 6.31. The summed E-state index contributed by atoms with van der Waals surface area (Å²) in [6.45, 7) is 0.362. The molecule has 3 N–H and O–H groups in total. The van der Waals surface area contributed by atoms with Crippen molar-refractivity contribution in [3.63, 3.8) is 0 Å². The summed E-state index contributed by atoms with van der Waals surface area (Å²) in [4.78, 5) is 0. The summed E-state index contributed by atoms with van der Waals surface area (Å²) in [6.07, 6.45) is 0. The van der Waals surface area contributed by atoms with Gasteiger partial charge in [0, 0.05) is 10.0 Å². The molecule has 0 heterocycles. The Morgan fingerprint density at radius 3 is 2.58 bits per heavy atom. The van der Waals surface area contributed by atoms with Crippen LogP contribution in [0, 0.1) is 0 Å². The maximum atomic E-state index is 6.13. The van der Waals surface area contributed by atoms with Gasteiger partial charge in [-0.05, 0) is 29.8 Å². The van der Waals surface area contributed by atoms with Crippen molar-refractivity contribution in [1.29, 1.82) is 0 Å². The molecule has 0 amide bonds. The topological polar surface area (TPSA) is 47.3 Å². The summed E-state index contributed by atoms with van der Waals surface area (Å²) in [5, 5.41) is 1.28. The molecule has 0 aromatic heterocycles. The van der Waals surface area contributed by atoms with Gasteiger partial charge in [0.15, 0.2) is 0 Å². The number of nitrogens with two attached hydrogens (primary N) is 1. The number of benzene rings is 2. The molecule has 0 aliphatic carbocycles. The maximum absolute atomic E-state index is 6.13. The average molecular weight is 297 g/mol. The third kappa shape index (κ3) is 3.85. The van der Waals surface area contributed by atoms with Gasteiger partial charge in [0.25, 0.3) is 0 Å². The van der Waals surface area contributed by atoms with Crippen molar-refractivity contribution in [1.82, 2.24) is 5.43 Å². The van der Waals surface area contributed by atoms with E-state index in [1.807, 2.05) is 36.4 Å². The molecule has 2 rings (SSSR count). The molecule has 0 spiro atoms. The summed E-state index contributed by atoms with van der Waals surface area (Å²) in [5.41, 5.74) is 3.60. The van der Waals surface area contributed by atoms with Crippen LogP contribution in [0.15, 0.2) is 48.5 Å². The molecule has 1 unspecified atom stereocenters. The lowest BCUT2D eigenvalue weighted by molar-refractivity contribution is 0.267. The lowest BCUT2D eigenvalue weighted by Gasteiger charge is -2.18. The Bertz CT molecular complexity index is 548. The third-order valence-corrected chi connectivity index (χ3v) is 3.27. The Balaban J connectivity index is 2.06. The number of ether oxygens (including phenoxy) is 1. The van der Waals surface area contributed by atoms with Crippen LogP contribution in [0.25, 0.3) is 0 Å². The van der Waals surface area contributed by atoms with E-state index < -0.39 is 0 Å². The SMILES string of the molecule is NNC(COc1cccc(Cl)c1)c1ccccc1Cl. The van der Waals surface area contributed by atoms with Gasteiger partial charge in [-0.2, -0.15) is 0 Å². The largest absolute Gasteiger partial charge is 0.492 e. The van der Waals surface area contributed by atoms with Crippen LogP contribution in [0.4, 0.5) is 0 Å². The molecule has 100 valence electrons. The Hall–Kier alpha value is -1.26. The molecule has 0 saturated heterocycles. The molecule has 2 aromatic rings. The highest BCUT2D eigenvalue weighted by Gasteiger charge is 2.13. The first-order valence-electron chi connectivity index (χ1n) is 5.79. The minimum absolute atomic E-state index is 0.187. The molecule has 19 heavy (non-hydrogen) atoms. The van der Waals surface area contributed by atoms with Crippen molar-refractivity contribution in [3.8, 4) is 5.75 Å². The smallest absolute Gasteiger partial charge is 0.120 e. The van der Waals surface area contributed by atoms with Crippen LogP contribution < -0.4 is 16.0 Å². The van der Waals surface area contributed by atoms with E-state index >= 15 is 0 Å². The Kier molecular flexibility index (Phi) is 5.05. The highest BCUT2D eigenvalue weighted by atomic mass is 35.5. The van der Waals surface area contributed by atoms with Crippen molar-refractivity contribution < 1.29 is 4.74 Å². The van der Waals surface area contributed by atoms with Gasteiger partial charge in [-0.1, -0.05) is 47.5 Å². The quantitative estimate of drug-likeness (QED) is 0.655. The van der Waals surface area contributed by atoms with E-state index in [4.69, 9.17) is 33.8 Å². The van der Waals surface area contributed by atoms with Crippen molar-refractivity contribution in [2.45, 2.75) is 6.04 Å². The molecule has 0 saturated carbocycles. The number of rotatable bonds is 5. The van der Waals surface area contributed by atoms with E-state index in [1.165, 1.54) is 0 Å². The Morgan fingerprint density at radius 1 is 1.11 bits per heavy atom. The number of hydrogen-bond acceptors (Lipinski definition) is 3. The second-order valence-electron chi connectivity index (χ2n) is 4.01. The standard InChI is InChI=1S/C14H14Cl2N2O/c15-10-4-3-5-11(8-10)19-9-14(18-17)12-6-1-2-7-13(12)16/h1-8,14,18H,9,17H2. The fraction of sp³-hybridized carbons (Fsp3) is 0.143. The molecule has 2 aromatic carbocycles. The molecule has 0 radical (unpaired) electrons. The maximum Gasteiger partial charge on any atom is 0.120 e. The van der Waals surface area contributed by atoms with Crippen LogP contribution in [0.3, 0.4) is 0 Å². The predicted molar refractivity (Wildman–Crippen MR) is 78.5 cm³/mol. The van der Waals surface area contributed by atoms with Crippen molar-refractivity contribution in [3.05, 3.63) is 64.1 Å². The number of hydrogen-bond donors (Lipinski definition) is 2.